The van der Waals surface area contributed by atoms with Crippen molar-refractivity contribution in [1.82, 2.24) is 9.55 Å². The van der Waals surface area contributed by atoms with Gasteiger partial charge in [0.2, 0.25) is 0 Å². The second-order valence-corrected chi connectivity index (χ2v) is 2.03. The minimum absolute atomic E-state index is 0.642. The number of rotatable bonds is 0. The zero-order valence-electron chi connectivity index (χ0n) is 5.00. The van der Waals surface area contributed by atoms with E-state index < -0.39 is 0 Å². The lowest BCUT2D eigenvalue weighted by Crippen LogP contribution is -2.15. The molecule has 0 saturated carbocycles. The molecule has 0 aromatic carbocycles. The molecule has 3 heteroatoms. The summed E-state index contributed by atoms with van der Waals surface area (Å²) >= 11 is 0. The quantitative estimate of drug-likeness (QED) is 0.493. The van der Waals surface area contributed by atoms with Gasteiger partial charge < -0.3 is 9.30 Å². The molecule has 0 amide bonds. The van der Waals surface area contributed by atoms with Crippen LogP contribution in [0.5, 0.6) is 0 Å². The van der Waals surface area contributed by atoms with Crippen molar-refractivity contribution < 1.29 is 4.74 Å². The summed E-state index contributed by atoms with van der Waals surface area (Å²) in [5, 5.41) is 0. The average molecular weight is 123 g/mol. The second kappa shape index (κ2) is 1.84. The van der Waals surface area contributed by atoms with E-state index in [1.165, 1.54) is 0 Å². The largest absolute Gasteiger partial charge is 0.372 e. The highest BCUT2D eigenvalue weighted by Gasteiger charge is 2.07. The number of hydrogen-bond donors (Lipinski definition) is 0. The molecule has 0 atom stereocenters. The highest BCUT2D eigenvalue weighted by atomic mass is 16.5. The van der Waals surface area contributed by atoms with Gasteiger partial charge in [-0.1, -0.05) is 0 Å². The summed E-state index contributed by atoms with van der Waals surface area (Å²) in [4.78, 5) is 3.97. The maximum atomic E-state index is 5.15. The molecule has 0 fully saturated rings. The van der Waals surface area contributed by atoms with E-state index in [0.29, 0.717) is 6.61 Å². The normalized spacial score (nSPS) is 17.3. The molecule has 0 unspecified atom stereocenters. The molecule has 1 aromatic rings. The predicted molar refractivity (Wildman–Crippen MR) is 30.7 cm³/mol. The summed E-state index contributed by atoms with van der Waals surface area (Å²) in [5.41, 5.74) is 0. The highest BCUT2D eigenvalue weighted by molar-refractivity contribution is 4.90. The van der Waals surface area contributed by atoms with Crippen molar-refractivity contribution in [2.45, 2.75) is 13.2 Å². The number of hydrogen-bond acceptors (Lipinski definition) is 2. The Kier molecular flexibility index (Phi) is 1.02. The molecule has 0 saturated heterocycles. The van der Waals surface area contributed by atoms with E-state index in [1.54, 1.807) is 0 Å². The van der Waals surface area contributed by atoms with Crippen LogP contribution in [0, 0.1) is 6.20 Å². The third kappa shape index (κ3) is 0.733. The topological polar surface area (TPSA) is 27.1 Å². The lowest BCUT2D eigenvalue weighted by Gasteiger charge is -2.13. The van der Waals surface area contributed by atoms with Gasteiger partial charge in [0.25, 0.3) is 0 Å². The Morgan fingerprint density at radius 3 is 3.67 bits per heavy atom. The molecular formula is C6H7N2O. The van der Waals surface area contributed by atoms with Gasteiger partial charge in [-0.05, 0) is 0 Å². The monoisotopic (exact) mass is 123 g/mol. The van der Waals surface area contributed by atoms with Gasteiger partial charge in [0.05, 0.1) is 6.61 Å². The van der Waals surface area contributed by atoms with Gasteiger partial charge in [-0.25, -0.2) is 4.98 Å². The van der Waals surface area contributed by atoms with E-state index in [1.807, 2.05) is 6.20 Å². The molecule has 2 rings (SSSR count). The van der Waals surface area contributed by atoms with Crippen LogP contribution in [0.1, 0.15) is 5.82 Å². The van der Waals surface area contributed by atoms with Crippen LogP contribution in [0.3, 0.4) is 0 Å². The van der Waals surface area contributed by atoms with Gasteiger partial charge in [0.15, 0.2) is 0 Å². The van der Waals surface area contributed by atoms with Crippen molar-refractivity contribution in [3.8, 4) is 0 Å². The van der Waals surface area contributed by atoms with E-state index in [0.717, 1.165) is 19.0 Å². The molecule has 3 nitrogen and oxygen atoms in total. The number of imidazole rings is 1. The van der Waals surface area contributed by atoms with Crippen molar-refractivity contribution in [2.24, 2.45) is 0 Å². The standard InChI is InChI=1S/C6H7N2O/c1-2-8-3-4-9-5-6(8)7-1/h2H,3-5H2. The van der Waals surface area contributed by atoms with Crippen LogP contribution in [0.25, 0.3) is 0 Å². The molecule has 47 valence electrons. The van der Waals surface area contributed by atoms with Gasteiger partial charge in [-0.3, -0.25) is 0 Å². The first-order chi connectivity index (χ1) is 4.47. The number of ether oxygens (including phenoxy) is 1. The second-order valence-electron chi connectivity index (χ2n) is 2.03. The number of fused-ring (bicyclic) bond motifs is 1. The van der Waals surface area contributed by atoms with Gasteiger partial charge in [-0.2, -0.15) is 0 Å². The molecule has 1 aliphatic rings. The summed E-state index contributed by atoms with van der Waals surface area (Å²) in [6.45, 7) is 2.37. The van der Waals surface area contributed by atoms with Crippen LogP contribution in [0.15, 0.2) is 6.20 Å². The van der Waals surface area contributed by atoms with E-state index >= 15 is 0 Å². The number of nitrogens with zero attached hydrogens (tertiary/aromatic N) is 2. The SMILES string of the molecule is [c]1cn2c(n1)COCC2. The van der Waals surface area contributed by atoms with Crippen molar-refractivity contribution >= 4 is 0 Å². The van der Waals surface area contributed by atoms with Crippen molar-refractivity contribution in [2.75, 3.05) is 6.61 Å². The Labute approximate surface area is 53.3 Å². The van der Waals surface area contributed by atoms with Crippen LogP contribution < -0.4 is 0 Å². The molecular weight excluding hydrogens is 116 g/mol. The van der Waals surface area contributed by atoms with Crippen LogP contribution in [0.2, 0.25) is 0 Å². The fourth-order valence-electron chi connectivity index (χ4n) is 0.947. The first-order valence-corrected chi connectivity index (χ1v) is 2.96. The Morgan fingerprint density at radius 2 is 2.78 bits per heavy atom. The lowest BCUT2D eigenvalue weighted by molar-refractivity contribution is 0.0816. The van der Waals surface area contributed by atoms with E-state index in [2.05, 4.69) is 15.7 Å². The Morgan fingerprint density at radius 1 is 1.78 bits per heavy atom. The molecule has 0 bridgehead atoms. The van der Waals surface area contributed by atoms with Crippen LogP contribution in [0.4, 0.5) is 0 Å². The Bertz CT molecular complexity index is 186. The maximum absolute atomic E-state index is 5.15. The smallest absolute Gasteiger partial charge is 0.135 e. The van der Waals surface area contributed by atoms with Gasteiger partial charge in [0, 0.05) is 12.7 Å². The summed E-state index contributed by atoms with van der Waals surface area (Å²) in [6.07, 6.45) is 4.63. The van der Waals surface area contributed by atoms with E-state index in [9.17, 15) is 0 Å². The zero-order chi connectivity index (χ0) is 6.10. The van der Waals surface area contributed by atoms with Gasteiger partial charge >= 0.3 is 0 Å². The van der Waals surface area contributed by atoms with E-state index in [4.69, 9.17) is 4.74 Å². The molecule has 9 heavy (non-hydrogen) atoms. The minimum Gasteiger partial charge on any atom is -0.372 e. The van der Waals surface area contributed by atoms with Crippen molar-refractivity contribution in [1.29, 1.82) is 0 Å². The molecule has 1 aliphatic heterocycles. The first-order valence-electron chi connectivity index (χ1n) is 2.96. The van der Waals surface area contributed by atoms with Crippen molar-refractivity contribution in [3.63, 3.8) is 0 Å². The van der Waals surface area contributed by atoms with E-state index in [-0.39, 0.29) is 0 Å². The fraction of sp³-hybridized carbons (Fsp3) is 0.500. The van der Waals surface area contributed by atoms with Crippen molar-refractivity contribution in [3.05, 3.63) is 18.2 Å². The fourth-order valence-corrected chi connectivity index (χ4v) is 0.947. The average Bonchev–Trinajstić information content (AvgIpc) is 2.33. The van der Waals surface area contributed by atoms with Crippen LogP contribution >= 0.6 is 0 Å². The third-order valence-electron chi connectivity index (χ3n) is 1.45. The molecule has 0 aliphatic carbocycles. The van der Waals surface area contributed by atoms with Gasteiger partial charge in [0.1, 0.15) is 18.6 Å². The Balaban J connectivity index is 2.39. The minimum atomic E-state index is 0.642. The van der Waals surface area contributed by atoms with Crippen LogP contribution in [-0.2, 0) is 17.9 Å². The summed E-state index contributed by atoms with van der Waals surface area (Å²) < 4.78 is 7.21. The molecule has 2 heterocycles. The molecule has 1 radical (unpaired) electrons. The first kappa shape index (κ1) is 4.99. The van der Waals surface area contributed by atoms with Crippen LogP contribution in [-0.4, -0.2) is 16.2 Å². The summed E-state index contributed by atoms with van der Waals surface area (Å²) in [5.74, 6) is 0.987. The third-order valence-corrected chi connectivity index (χ3v) is 1.45. The molecule has 1 aromatic heterocycles. The predicted octanol–water partition coefficient (Wildman–Crippen LogP) is 0.213. The van der Waals surface area contributed by atoms with Gasteiger partial charge in [-0.15, -0.1) is 0 Å². The lowest BCUT2D eigenvalue weighted by atomic mass is 10.5. The molecule has 0 spiro atoms. The maximum Gasteiger partial charge on any atom is 0.135 e. The highest BCUT2D eigenvalue weighted by Crippen LogP contribution is 2.04. The summed E-state index contributed by atoms with van der Waals surface area (Å²) in [7, 11) is 0. The number of aromatic nitrogens is 2. The summed E-state index contributed by atoms with van der Waals surface area (Å²) in [6, 6.07) is 0. The Hall–Kier alpha value is -0.830. The molecule has 0 N–H and O–H groups in total. The zero-order valence-corrected chi connectivity index (χ0v) is 5.00.